The van der Waals surface area contributed by atoms with Crippen molar-refractivity contribution in [2.24, 2.45) is 0 Å². The Morgan fingerprint density at radius 3 is 2.50 bits per heavy atom. The van der Waals surface area contributed by atoms with E-state index in [1.807, 2.05) is 0 Å². The minimum absolute atomic E-state index is 0.00255. The van der Waals surface area contributed by atoms with Gasteiger partial charge in [0.25, 0.3) is 0 Å². The lowest BCUT2D eigenvalue weighted by Gasteiger charge is -2.18. The molecule has 0 radical (unpaired) electrons. The van der Waals surface area contributed by atoms with Crippen molar-refractivity contribution in [3.8, 4) is 11.5 Å². The average molecular weight is 248 g/mol. The number of fused-ring (bicyclic) bond motifs is 1. The molecular weight excluding hydrogens is 236 g/mol. The number of hydrogen-bond donors (Lipinski definition) is 2. The number of rotatable bonds is 2. The van der Waals surface area contributed by atoms with Crippen LogP contribution in [0.3, 0.4) is 0 Å². The summed E-state index contributed by atoms with van der Waals surface area (Å²) in [5.74, 6) is -1.87. The fourth-order valence-corrected chi connectivity index (χ4v) is 2.04. The molecule has 0 atom stereocenters. The zero-order chi connectivity index (χ0) is 13.4. The van der Waals surface area contributed by atoms with Gasteiger partial charge in [-0.05, 0) is 12.5 Å². The molecule has 0 saturated heterocycles. The minimum Gasteiger partial charge on any atom is -0.507 e. The van der Waals surface area contributed by atoms with Crippen LogP contribution in [0.2, 0.25) is 0 Å². The van der Waals surface area contributed by atoms with Gasteiger partial charge in [-0.1, -0.05) is 6.92 Å². The van der Waals surface area contributed by atoms with Gasteiger partial charge >= 0.3 is 0 Å². The Morgan fingerprint density at radius 2 is 1.94 bits per heavy atom. The van der Waals surface area contributed by atoms with Crippen LogP contribution in [0.25, 0.3) is 5.76 Å². The van der Waals surface area contributed by atoms with Crippen molar-refractivity contribution in [1.29, 1.82) is 0 Å². The standard InChI is InChI=1S/C13H12O5/c1-3-6-10(18-2)4-7-11(13(6)17)8(14)5-9(15)12(7)16/h4-5,14,17H,3H2,1-2H3. The highest BCUT2D eigenvalue weighted by atomic mass is 16.5. The van der Waals surface area contributed by atoms with Crippen LogP contribution in [0.4, 0.5) is 0 Å². The first kappa shape index (κ1) is 12.2. The Bertz CT molecular complexity index is 584. The van der Waals surface area contributed by atoms with E-state index in [1.54, 1.807) is 6.92 Å². The van der Waals surface area contributed by atoms with Crippen molar-refractivity contribution in [3.05, 3.63) is 28.8 Å². The number of phenolic OH excluding ortho intramolecular Hbond substituents is 1. The first-order chi connectivity index (χ1) is 8.51. The molecule has 5 nitrogen and oxygen atoms in total. The summed E-state index contributed by atoms with van der Waals surface area (Å²) in [7, 11) is 1.41. The number of Topliss-reactive ketones (excluding diaryl/α,β-unsaturated/α-hetero) is 1. The first-order valence-corrected chi connectivity index (χ1v) is 5.43. The lowest BCUT2D eigenvalue weighted by atomic mass is 9.90. The molecule has 1 aromatic rings. The number of phenols is 1. The summed E-state index contributed by atoms with van der Waals surface area (Å²) in [6.45, 7) is 1.81. The van der Waals surface area contributed by atoms with Crippen molar-refractivity contribution in [2.75, 3.05) is 7.11 Å². The van der Waals surface area contributed by atoms with E-state index in [2.05, 4.69) is 0 Å². The van der Waals surface area contributed by atoms with E-state index in [9.17, 15) is 19.8 Å². The second-order valence-corrected chi connectivity index (χ2v) is 3.91. The quantitative estimate of drug-likeness (QED) is 0.777. The number of methoxy groups -OCH3 is 1. The maximum absolute atomic E-state index is 11.7. The second kappa shape index (κ2) is 4.18. The van der Waals surface area contributed by atoms with E-state index in [0.717, 1.165) is 6.08 Å². The minimum atomic E-state index is -0.814. The number of ether oxygens (including phenoxy) is 1. The Morgan fingerprint density at radius 1 is 1.28 bits per heavy atom. The molecule has 0 bridgehead atoms. The molecular formula is C13H12O5. The number of aliphatic hydroxyl groups is 1. The van der Waals surface area contributed by atoms with Crippen molar-refractivity contribution in [2.45, 2.75) is 13.3 Å². The van der Waals surface area contributed by atoms with Gasteiger partial charge in [0.1, 0.15) is 17.3 Å². The zero-order valence-electron chi connectivity index (χ0n) is 9.98. The summed E-state index contributed by atoms with van der Waals surface area (Å²) in [5, 5.41) is 19.8. The Labute approximate surface area is 103 Å². The molecule has 5 heteroatoms. The lowest BCUT2D eigenvalue weighted by Crippen LogP contribution is -2.19. The summed E-state index contributed by atoms with van der Waals surface area (Å²) >= 11 is 0. The number of hydrogen-bond acceptors (Lipinski definition) is 5. The molecule has 2 N–H and O–H groups in total. The van der Waals surface area contributed by atoms with Crippen LogP contribution in [0.5, 0.6) is 11.5 Å². The van der Waals surface area contributed by atoms with Gasteiger partial charge in [0.05, 0.1) is 12.7 Å². The highest BCUT2D eigenvalue weighted by Gasteiger charge is 2.30. The highest BCUT2D eigenvalue weighted by Crippen LogP contribution is 2.39. The third-order valence-corrected chi connectivity index (χ3v) is 2.93. The van der Waals surface area contributed by atoms with Gasteiger partial charge < -0.3 is 14.9 Å². The van der Waals surface area contributed by atoms with Gasteiger partial charge in [-0.3, -0.25) is 9.59 Å². The van der Waals surface area contributed by atoms with Crippen LogP contribution in [-0.4, -0.2) is 28.9 Å². The van der Waals surface area contributed by atoms with Gasteiger partial charge in [-0.25, -0.2) is 0 Å². The Hall–Kier alpha value is -2.30. The second-order valence-electron chi connectivity index (χ2n) is 3.91. The summed E-state index contributed by atoms with van der Waals surface area (Å²) in [6.07, 6.45) is 1.29. The van der Waals surface area contributed by atoms with E-state index in [1.165, 1.54) is 13.2 Å². The number of aromatic hydroxyl groups is 1. The van der Waals surface area contributed by atoms with Crippen LogP contribution in [0.1, 0.15) is 28.4 Å². The summed E-state index contributed by atoms with van der Waals surface area (Å²) in [6, 6.07) is 1.37. The molecule has 1 aliphatic rings. The summed E-state index contributed by atoms with van der Waals surface area (Å²) in [5.41, 5.74) is 0.446. The summed E-state index contributed by atoms with van der Waals surface area (Å²) in [4.78, 5) is 23.0. The van der Waals surface area contributed by atoms with Crippen LogP contribution in [0.15, 0.2) is 12.1 Å². The molecule has 1 aromatic carbocycles. The predicted octanol–water partition coefficient (Wildman–Crippen LogP) is 1.63. The van der Waals surface area contributed by atoms with Crippen molar-refractivity contribution in [1.82, 2.24) is 0 Å². The summed E-state index contributed by atoms with van der Waals surface area (Å²) < 4.78 is 5.08. The molecule has 0 spiro atoms. The molecule has 0 fully saturated rings. The molecule has 18 heavy (non-hydrogen) atoms. The molecule has 1 aliphatic carbocycles. The average Bonchev–Trinajstić information content (AvgIpc) is 2.34. The number of aliphatic hydroxyl groups excluding tert-OH is 1. The number of allylic oxidation sites excluding steroid dienone is 1. The molecule has 0 unspecified atom stereocenters. The van der Waals surface area contributed by atoms with Gasteiger partial charge in [0, 0.05) is 17.2 Å². The predicted molar refractivity (Wildman–Crippen MR) is 64.0 cm³/mol. The number of benzene rings is 1. The smallest absolute Gasteiger partial charge is 0.234 e. The van der Waals surface area contributed by atoms with Crippen LogP contribution in [-0.2, 0) is 11.2 Å². The SMILES string of the molecule is CCc1c(OC)cc2c(c1O)C(O)=CC(=O)C2=O. The fourth-order valence-electron chi connectivity index (χ4n) is 2.04. The zero-order valence-corrected chi connectivity index (χ0v) is 9.98. The fraction of sp³-hybridized carbons (Fsp3) is 0.231. The third kappa shape index (κ3) is 1.55. The molecule has 0 aliphatic heterocycles. The van der Waals surface area contributed by atoms with Gasteiger partial charge in [-0.15, -0.1) is 0 Å². The maximum Gasteiger partial charge on any atom is 0.234 e. The first-order valence-electron chi connectivity index (χ1n) is 5.43. The van der Waals surface area contributed by atoms with Gasteiger partial charge in [0.2, 0.25) is 11.6 Å². The maximum atomic E-state index is 11.7. The number of carbonyl (C=O) groups excluding carboxylic acids is 2. The van der Waals surface area contributed by atoms with E-state index >= 15 is 0 Å². The van der Waals surface area contributed by atoms with E-state index < -0.39 is 17.3 Å². The van der Waals surface area contributed by atoms with Crippen LogP contribution in [0, 0.1) is 0 Å². The third-order valence-electron chi connectivity index (χ3n) is 2.93. The van der Waals surface area contributed by atoms with Crippen molar-refractivity contribution >= 4 is 17.3 Å². The molecule has 0 amide bonds. The van der Waals surface area contributed by atoms with Crippen LogP contribution < -0.4 is 4.74 Å². The number of carbonyl (C=O) groups is 2. The molecule has 94 valence electrons. The van der Waals surface area contributed by atoms with E-state index in [-0.39, 0.29) is 16.9 Å². The largest absolute Gasteiger partial charge is 0.507 e. The molecule has 2 rings (SSSR count). The topological polar surface area (TPSA) is 83.8 Å². The highest BCUT2D eigenvalue weighted by molar-refractivity contribution is 6.50. The molecule has 0 aromatic heterocycles. The van der Waals surface area contributed by atoms with E-state index in [4.69, 9.17) is 4.74 Å². The lowest BCUT2D eigenvalue weighted by molar-refractivity contribution is -0.111. The monoisotopic (exact) mass is 248 g/mol. The van der Waals surface area contributed by atoms with Crippen LogP contribution >= 0.6 is 0 Å². The van der Waals surface area contributed by atoms with Crippen molar-refractivity contribution in [3.63, 3.8) is 0 Å². The van der Waals surface area contributed by atoms with Gasteiger partial charge in [0.15, 0.2) is 0 Å². The van der Waals surface area contributed by atoms with Gasteiger partial charge in [-0.2, -0.15) is 0 Å². The number of ketones is 2. The van der Waals surface area contributed by atoms with Crippen molar-refractivity contribution < 1.29 is 24.5 Å². The van der Waals surface area contributed by atoms with E-state index in [0.29, 0.717) is 17.7 Å². The Balaban J connectivity index is 2.82. The molecule has 0 saturated carbocycles. The normalized spacial score (nSPS) is 14.2. The Kier molecular flexibility index (Phi) is 2.82. The molecule has 0 heterocycles.